The summed E-state index contributed by atoms with van der Waals surface area (Å²) in [5.74, 6) is 1.37. The van der Waals surface area contributed by atoms with Crippen LogP contribution in [0.15, 0.2) is 60.0 Å². The molecule has 3 heteroatoms. The second kappa shape index (κ2) is 9.18. The number of benzene rings is 1. The van der Waals surface area contributed by atoms with Crippen LogP contribution in [0.2, 0.25) is 0 Å². The van der Waals surface area contributed by atoms with Crippen molar-refractivity contribution in [3.05, 3.63) is 76.0 Å². The van der Waals surface area contributed by atoms with E-state index in [1.54, 1.807) is 0 Å². The van der Waals surface area contributed by atoms with Gasteiger partial charge in [0.2, 0.25) is 0 Å². The van der Waals surface area contributed by atoms with Gasteiger partial charge in [0, 0.05) is 0 Å². The van der Waals surface area contributed by atoms with Gasteiger partial charge >= 0.3 is 5.97 Å². The summed E-state index contributed by atoms with van der Waals surface area (Å²) < 4.78 is 4.91. The molecule has 142 valence electrons. The number of allylic oxidation sites excluding steroid dienone is 4. The molecule has 1 heterocycles. The standard InChI is InChI=1S/C24H28O2S/c1-17(9-10-18(2)22-15-16-27-23(22)24(25)26-3)19-11-13-21(14-12-19)20-7-5-4-6-8-20/h4-8,11,13-19H,9-10,12H2,1-3H3. The largest absolute Gasteiger partial charge is 0.465 e. The highest BCUT2D eigenvalue weighted by Gasteiger charge is 2.21. The predicted octanol–water partition coefficient (Wildman–Crippen LogP) is 6.71. The Hall–Kier alpha value is -2.13. The molecule has 0 radical (unpaired) electrons. The van der Waals surface area contributed by atoms with Crippen LogP contribution in [-0.4, -0.2) is 13.1 Å². The predicted molar refractivity (Wildman–Crippen MR) is 114 cm³/mol. The third-order valence-electron chi connectivity index (χ3n) is 5.62. The minimum atomic E-state index is -0.214. The summed E-state index contributed by atoms with van der Waals surface area (Å²) in [5, 5.41) is 1.99. The van der Waals surface area contributed by atoms with Crippen LogP contribution in [0.3, 0.4) is 0 Å². The fourth-order valence-electron chi connectivity index (χ4n) is 3.75. The van der Waals surface area contributed by atoms with E-state index in [-0.39, 0.29) is 5.97 Å². The third-order valence-corrected chi connectivity index (χ3v) is 6.53. The van der Waals surface area contributed by atoms with Crippen LogP contribution < -0.4 is 0 Å². The Labute approximate surface area is 166 Å². The minimum absolute atomic E-state index is 0.214. The van der Waals surface area contributed by atoms with Crippen molar-refractivity contribution < 1.29 is 9.53 Å². The van der Waals surface area contributed by atoms with Crippen LogP contribution in [0.25, 0.3) is 5.57 Å². The number of hydrogen-bond acceptors (Lipinski definition) is 3. The Bertz CT molecular complexity index is 816. The number of carbonyl (C=O) groups excluding carboxylic acids is 1. The topological polar surface area (TPSA) is 26.3 Å². The Morgan fingerprint density at radius 3 is 2.63 bits per heavy atom. The van der Waals surface area contributed by atoms with E-state index >= 15 is 0 Å². The van der Waals surface area contributed by atoms with Gasteiger partial charge in [0.05, 0.1) is 7.11 Å². The van der Waals surface area contributed by atoms with E-state index in [1.165, 1.54) is 29.6 Å². The summed E-state index contributed by atoms with van der Waals surface area (Å²) in [6.45, 7) is 4.56. The molecule has 0 bridgehead atoms. The molecule has 3 atom stereocenters. The maximum absolute atomic E-state index is 11.9. The Morgan fingerprint density at radius 1 is 1.19 bits per heavy atom. The van der Waals surface area contributed by atoms with Crippen molar-refractivity contribution in [2.24, 2.45) is 11.8 Å². The molecule has 3 unspecified atom stereocenters. The number of thiophene rings is 1. The normalized spacial score (nSPS) is 18.6. The van der Waals surface area contributed by atoms with E-state index in [2.05, 4.69) is 68.5 Å². The second-order valence-corrected chi connectivity index (χ2v) is 8.35. The molecule has 0 N–H and O–H groups in total. The van der Waals surface area contributed by atoms with Crippen molar-refractivity contribution in [3.8, 4) is 0 Å². The lowest BCUT2D eigenvalue weighted by Gasteiger charge is -2.24. The lowest BCUT2D eigenvalue weighted by molar-refractivity contribution is 0.0604. The fraction of sp³-hybridized carbons (Fsp3) is 0.375. The number of hydrogen-bond donors (Lipinski definition) is 0. The zero-order valence-corrected chi connectivity index (χ0v) is 17.2. The van der Waals surface area contributed by atoms with Gasteiger partial charge in [-0.25, -0.2) is 4.79 Å². The van der Waals surface area contributed by atoms with E-state index in [4.69, 9.17) is 4.74 Å². The summed E-state index contributed by atoms with van der Waals surface area (Å²) >= 11 is 1.48. The van der Waals surface area contributed by atoms with Crippen LogP contribution in [0.1, 0.15) is 59.8 Å². The molecule has 1 aliphatic carbocycles. The molecule has 2 aromatic rings. The van der Waals surface area contributed by atoms with Gasteiger partial charge in [0.1, 0.15) is 4.88 Å². The van der Waals surface area contributed by atoms with E-state index in [0.717, 1.165) is 29.7 Å². The Kier molecular flexibility index (Phi) is 6.68. The van der Waals surface area contributed by atoms with E-state index in [9.17, 15) is 4.79 Å². The molecule has 0 aliphatic heterocycles. The van der Waals surface area contributed by atoms with Crippen molar-refractivity contribution >= 4 is 22.9 Å². The molecule has 0 fully saturated rings. The van der Waals surface area contributed by atoms with Gasteiger partial charge in [0.25, 0.3) is 0 Å². The van der Waals surface area contributed by atoms with Gasteiger partial charge in [-0.3, -0.25) is 0 Å². The maximum Gasteiger partial charge on any atom is 0.348 e. The van der Waals surface area contributed by atoms with Gasteiger partial charge in [-0.1, -0.05) is 62.4 Å². The number of carbonyl (C=O) groups is 1. The molecule has 1 aromatic carbocycles. The van der Waals surface area contributed by atoms with Gasteiger partial charge in [0.15, 0.2) is 0 Å². The van der Waals surface area contributed by atoms with Crippen LogP contribution in [0, 0.1) is 11.8 Å². The molecular weight excluding hydrogens is 352 g/mol. The third kappa shape index (κ3) is 4.78. The molecular formula is C24H28O2S. The minimum Gasteiger partial charge on any atom is -0.465 e. The van der Waals surface area contributed by atoms with Crippen molar-refractivity contribution in [2.75, 3.05) is 7.11 Å². The van der Waals surface area contributed by atoms with Gasteiger partial charge in [-0.15, -0.1) is 11.3 Å². The van der Waals surface area contributed by atoms with Crippen LogP contribution in [0.4, 0.5) is 0 Å². The first-order valence-electron chi connectivity index (χ1n) is 9.69. The van der Waals surface area contributed by atoms with Gasteiger partial charge in [-0.05, 0) is 65.2 Å². The maximum atomic E-state index is 11.9. The fourth-order valence-corrected chi connectivity index (χ4v) is 4.69. The molecule has 0 spiro atoms. The highest BCUT2D eigenvalue weighted by atomic mass is 32.1. The zero-order chi connectivity index (χ0) is 19.2. The number of methoxy groups -OCH3 is 1. The quantitative estimate of drug-likeness (QED) is 0.499. The van der Waals surface area contributed by atoms with Crippen LogP contribution in [-0.2, 0) is 4.74 Å². The highest BCUT2D eigenvalue weighted by Crippen LogP contribution is 2.34. The average molecular weight is 381 g/mol. The average Bonchev–Trinajstić information content (AvgIpc) is 3.22. The summed E-state index contributed by atoms with van der Waals surface area (Å²) in [5.41, 5.74) is 3.75. The van der Waals surface area contributed by atoms with E-state index in [1.807, 2.05) is 5.38 Å². The van der Waals surface area contributed by atoms with E-state index < -0.39 is 0 Å². The monoisotopic (exact) mass is 380 g/mol. The van der Waals surface area contributed by atoms with Gasteiger partial charge < -0.3 is 4.74 Å². The number of rotatable bonds is 7. The molecule has 0 saturated heterocycles. The van der Waals surface area contributed by atoms with Crippen molar-refractivity contribution in [1.82, 2.24) is 0 Å². The highest BCUT2D eigenvalue weighted by molar-refractivity contribution is 7.12. The first-order chi connectivity index (χ1) is 13.1. The molecule has 1 aromatic heterocycles. The molecule has 0 amide bonds. The van der Waals surface area contributed by atoms with Crippen molar-refractivity contribution in [3.63, 3.8) is 0 Å². The number of ether oxygens (including phenoxy) is 1. The summed E-state index contributed by atoms with van der Waals surface area (Å²) in [7, 11) is 1.45. The summed E-state index contributed by atoms with van der Waals surface area (Å²) in [6, 6.07) is 12.6. The molecule has 0 saturated carbocycles. The first-order valence-corrected chi connectivity index (χ1v) is 10.6. The molecule has 27 heavy (non-hydrogen) atoms. The zero-order valence-electron chi connectivity index (χ0n) is 16.4. The number of esters is 1. The molecule has 1 aliphatic rings. The van der Waals surface area contributed by atoms with Crippen LogP contribution in [0.5, 0.6) is 0 Å². The van der Waals surface area contributed by atoms with E-state index in [0.29, 0.717) is 17.8 Å². The van der Waals surface area contributed by atoms with Crippen molar-refractivity contribution in [2.45, 2.75) is 39.0 Å². The lowest BCUT2D eigenvalue weighted by atomic mass is 9.81. The first kappa shape index (κ1) is 19.6. The molecule has 3 rings (SSSR count). The SMILES string of the molecule is COC(=O)c1sccc1C(C)CCC(C)C1C=CC(c2ccccc2)=CC1. The van der Waals surface area contributed by atoms with Gasteiger partial charge in [-0.2, -0.15) is 0 Å². The van der Waals surface area contributed by atoms with Crippen molar-refractivity contribution in [1.29, 1.82) is 0 Å². The summed E-state index contributed by atoms with van der Waals surface area (Å²) in [4.78, 5) is 12.7. The Balaban J connectivity index is 1.54. The smallest absolute Gasteiger partial charge is 0.348 e. The Morgan fingerprint density at radius 2 is 1.96 bits per heavy atom. The molecule has 2 nitrogen and oxygen atoms in total. The second-order valence-electron chi connectivity index (χ2n) is 7.44. The summed E-state index contributed by atoms with van der Waals surface area (Å²) in [6.07, 6.45) is 10.4. The lowest BCUT2D eigenvalue weighted by Crippen LogP contribution is -2.12. The van der Waals surface area contributed by atoms with Crippen LogP contribution >= 0.6 is 11.3 Å².